The van der Waals surface area contributed by atoms with Gasteiger partial charge in [0, 0.05) is 37.4 Å². The molecule has 0 radical (unpaired) electrons. The smallest absolute Gasteiger partial charge is 0.251 e. The molecule has 1 aliphatic heterocycles. The van der Waals surface area contributed by atoms with Crippen molar-refractivity contribution < 1.29 is 14.3 Å². The summed E-state index contributed by atoms with van der Waals surface area (Å²) in [5, 5.41) is 11.9. The maximum Gasteiger partial charge on any atom is 0.251 e. The van der Waals surface area contributed by atoms with Crippen LogP contribution in [0.15, 0.2) is 48.5 Å². The Morgan fingerprint density at radius 2 is 1.73 bits per heavy atom. The summed E-state index contributed by atoms with van der Waals surface area (Å²) in [5.74, 6) is 0.356. The molecule has 0 bridgehead atoms. The first-order valence-electron chi connectivity index (χ1n) is 11.5. The third-order valence-electron chi connectivity index (χ3n) is 5.82. The molecule has 0 aliphatic carbocycles. The number of nitrogens with zero attached hydrogens (tertiary/aromatic N) is 3. The van der Waals surface area contributed by atoms with Crippen LogP contribution in [0, 0.1) is 17.2 Å². The minimum absolute atomic E-state index is 0.0398. The number of rotatable bonds is 7. The molecule has 1 unspecified atom stereocenters. The zero-order valence-corrected chi connectivity index (χ0v) is 19.6. The van der Waals surface area contributed by atoms with Crippen molar-refractivity contribution in [2.45, 2.75) is 33.2 Å². The second-order valence-corrected chi connectivity index (χ2v) is 8.48. The van der Waals surface area contributed by atoms with Gasteiger partial charge in [-0.15, -0.1) is 0 Å². The zero-order chi connectivity index (χ0) is 23.8. The Morgan fingerprint density at radius 1 is 1.03 bits per heavy atom. The molecule has 0 saturated carbocycles. The summed E-state index contributed by atoms with van der Waals surface area (Å²) in [5.41, 5.74) is 2.18. The van der Waals surface area contributed by atoms with Crippen LogP contribution in [0.3, 0.4) is 0 Å². The minimum Gasteiger partial charge on any atom is -0.494 e. The standard InChI is InChI=1S/C26H32N4O3/c1-4-33-23-12-8-21(9-13-23)25(31)28-24(19(2)3)26(32)30-15-5-14-29(16-17-30)22-10-6-20(18-27)7-11-22/h6-13,19,24H,4-5,14-17H2,1-3H3,(H,28,31). The van der Waals surface area contributed by atoms with E-state index in [1.54, 1.807) is 24.3 Å². The second kappa shape index (κ2) is 11.4. The second-order valence-electron chi connectivity index (χ2n) is 8.48. The van der Waals surface area contributed by atoms with E-state index in [2.05, 4.69) is 16.3 Å². The predicted molar refractivity (Wildman–Crippen MR) is 128 cm³/mol. The lowest BCUT2D eigenvalue weighted by Crippen LogP contribution is -2.52. The number of nitrogens with one attached hydrogen (secondary N) is 1. The van der Waals surface area contributed by atoms with Gasteiger partial charge in [-0.25, -0.2) is 0 Å². The van der Waals surface area contributed by atoms with E-state index in [4.69, 9.17) is 10.00 Å². The number of amides is 2. The van der Waals surface area contributed by atoms with Crippen LogP contribution in [0.25, 0.3) is 0 Å². The molecular weight excluding hydrogens is 416 g/mol. The molecule has 0 aromatic heterocycles. The first-order chi connectivity index (χ1) is 15.9. The number of ether oxygens (including phenoxy) is 1. The fourth-order valence-corrected chi connectivity index (χ4v) is 3.95. The Labute approximate surface area is 195 Å². The summed E-state index contributed by atoms with van der Waals surface area (Å²) in [4.78, 5) is 30.3. The molecule has 1 saturated heterocycles. The molecule has 1 atom stereocenters. The van der Waals surface area contributed by atoms with Gasteiger partial charge in [-0.05, 0) is 67.8 Å². The summed E-state index contributed by atoms with van der Waals surface area (Å²) in [6.45, 7) is 9.13. The van der Waals surface area contributed by atoms with Crippen molar-refractivity contribution in [3.8, 4) is 11.8 Å². The van der Waals surface area contributed by atoms with Gasteiger partial charge >= 0.3 is 0 Å². The number of anilines is 1. The molecule has 1 aliphatic rings. The topological polar surface area (TPSA) is 85.7 Å². The Morgan fingerprint density at radius 3 is 2.33 bits per heavy atom. The number of benzene rings is 2. The summed E-state index contributed by atoms with van der Waals surface area (Å²) < 4.78 is 5.43. The van der Waals surface area contributed by atoms with Gasteiger partial charge < -0.3 is 19.9 Å². The van der Waals surface area contributed by atoms with E-state index in [0.717, 1.165) is 18.7 Å². The number of hydrogen-bond donors (Lipinski definition) is 1. The highest BCUT2D eigenvalue weighted by atomic mass is 16.5. The molecular formula is C26H32N4O3. The minimum atomic E-state index is -0.592. The first kappa shape index (κ1) is 24.1. The number of carbonyl (C=O) groups is 2. The van der Waals surface area contributed by atoms with Crippen LogP contribution in [0.5, 0.6) is 5.75 Å². The Balaban J connectivity index is 1.63. The Bertz CT molecular complexity index is 980. The van der Waals surface area contributed by atoms with Gasteiger partial charge in [0.2, 0.25) is 5.91 Å². The van der Waals surface area contributed by atoms with Crippen molar-refractivity contribution >= 4 is 17.5 Å². The lowest BCUT2D eigenvalue weighted by molar-refractivity contribution is -0.134. The number of hydrogen-bond acceptors (Lipinski definition) is 5. The van der Waals surface area contributed by atoms with Gasteiger partial charge in [-0.1, -0.05) is 13.8 Å². The Hall–Kier alpha value is -3.53. The molecule has 174 valence electrons. The molecule has 1 N–H and O–H groups in total. The summed E-state index contributed by atoms with van der Waals surface area (Å²) >= 11 is 0. The average molecular weight is 449 g/mol. The highest BCUT2D eigenvalue weighted by Gasteiger charge is 2.30. The SMILES string of the molecule is CCOc1ccc(C(=O)NC(C(=O)N2CCCN(c3ccc(C#N)cc3)CC2)C(C)C)cc1. The van der Waals surface area contributed by atoms with Crippen LogP contribution in [0.1, 0.15) is 43.1 Å². The van der Waals surface area contributed by atoms with Gasteiger partial charge in [0.05, 0.1) is 18.2 Å². The van der Waals surface area contributed by atoms with Crippen LogP contribution in [0.4, 0.5) is 5.69 Å². The van der Waals surface area contributed by atoms with Crippen LogP contribution in [-0.2, 0) is 4.79 Å². The molecule has 33 heavy (non-hydrogen) atoms. The van der Waals surface area contributed by atoms with E-state index in [9.17, 15) is 9.59 Å². The molecule has 7 nitrogen and oxygen atoms in total. The third kappa shape index (κ3) is 6.26. The van der Waals surface area contributed by atoms with Crippen molar-refractivity contribution in [3.05, 3.63) is 59.7 Å². The average Bonchev–Trinajstić information content (AvgIpc) is 3.09. The molecule has 1 fully saturated rings. The highest BCUT2D eigenvalue weighted by Crippen LogP contribution is 2.19. The van der Waals surface area contributed by atoms with Crippen LogP contribution >= 0.6 is 0 Å². The number of carbonyl (C=O) groups excluding carboxylic acids is 2. The van der Waals surface area contributed by atoms with Gasteiger partial charge in [0.25, 0.3) is 5.91 Å². The third-order valence-corrected chi connectivity index (χ3v) is 5.82. The van der Waals surface area contributed by atoms with Gasteiger partial charge in [-0.3, -0.25) is 9.59 Å². The molecule has 2 aromatic carbocycles. The van der Waals surface area contributed by atoms with E-state index in [1.807, 2.05) is 49.9 Å². The molecule has 2 amide bonds. The van der Waals surface area contributed by atoms with Crippen molar-refractivity contribution in [2.75, 3.05) is 37.7 Å². The maximum atomic E-state index is 13.4. The van der Waals surface area contributed by atoms with E-state index in [1.165, 1.54) is 0 Å². The van der Waals surface area contributed by atoms with Crippen LogP contribution in [0.2, 0.25) is 0 Å². The van der Waals surface area contributed by atoms with E-state index in [0.29, 0.717) is 43.1 Å². The van der Waals surface area contributed by atoms with Gasteiger partial charge in [0.1, 0.15) is 11.8 Å². The summed E-state index contributed by atoms with van der Waals surface area (Å²) in [7, 11) is 0. The normalized spacial score (nSPS) is 14.9. The Kier molecular flexibility index (Phi) is 8.31. The van der Waals surface area contributed by atoms with E-state index in [-0.39, 0.29) is 17.7 Å². The molecule has 3 rings (SSSR count). The summed E-state index contributed by atoms with van der Waals surface area (Å²) in [6.07, 6.45) is 0.837. The molecule has 2 aromatic rings. The monoisotopic (exact) mass is 448 g/mol. The first-order valence-corrected chi connectivity index (χ1v) is 11.5. The van der Waals surface area contributed by atoms with E-state index < -0.39 is 6.04 Å². The van der Waals surface area contributed by atoms with Gasteiger partial charge in [0.15, 0.2) is 0 Å². The molecule has 0 spiro atoms. The quantitative estimate of drug-likeness (QED) is 0.701. The van der Waals surface area contributed by atoms with E-state index >= 15 is 0 Å². The maximum absolute atomic E-state index is 13.4. The van der Waals surface area contributed by atoms with Crippen molar-refractivity contribution in [3.63, 3.8) is 0 Å². The fraction of sp³-hybridized carbons (Fsp3) is 0.423. The van der Waals surface area contributed by atoms with Crippen molar-refractivity contribution in [2.24, 2.45) is 5.92 Å². The summed E-state index contributed by atoms with van der Waals surface area (Å²) in [6, 6.07) is 16.0. The van der Waals surface area contributed by atoms with Crippen LogP contribution < -0.4 is 15.0 Å². The zero-order valence-electron chi connectivity index (χ0n) is 19.6. The van der Waals surface area contributed by atoms with Crippen LogP contribution in [-0.4, -0.2) is 55.5 Å². The van der Waals surface area contributed by atoms with Gasteiger partial charge in [-0.2, -0.15) is 5.26 Å². The van der Waals surface area contributed by atoms with Crippen molar-refractivity contribution in [1.29, 1.82) is 5.26 Å². The molecule has 7 heteroatoms. The fourth-order valence-electron chi connectivity index (χ4n) is 3.95. The lowest BCUT2D eigenvalue weighted by Gasteiger charge is -2.29. The predicted octanol–water partition coefficient (Wildman–Crippen LogP) is 3.45. The van der Waals surface area contributed by atoms with Crippen molar-refractivity contribution in [1.82, 2.24) is 10.2 Å². The number of nitriles is 1. The highest BCUT2D eigenvalue weighted by molar-refractivity contribution is 5.97. The molecule has 1 heterocycles. The lowest BCUT2D eigenvalue weighted by atomic mass is 10.0. The largest absolute Gasteiger partial charge is 0.494 e.